The molecular formula is C20H16F2N2O3S2. The highest BCUT2D eigenvalue weighted by Crippen LogP contribution is 2.26. The van der Waals surface area contributed by atoms with E-state index in [1.807, 2.05) is 12.3 Å². The number of amides is 1. The maximum absolute atomic E-state index is 13.4. The van der Waals surface area contributed by atoms with Gasteiger partial charge in [-0.15, -0.1) is 23.1 Å². The Kier molecular flexibility index (Phi) is 6.60. The van der Waals surface area contributed by atoms with Crippen LogP contribution in [0.1, 0.15) is 17.3 Å². The summed E-state index contributed by atoms with van der Waals surface area (Å²) in [5, 5.41) is 4.42. The number of hydrogen-bond acceptors (Lipinski definition) is 6. The molecule has 9 heteroatoms. The first-order valence-electron chi connectivity index (χ1n) is 8.45. The average molecular weight is 434 g/mol. The lowest BCUT2D eigenvalue weighted by molar-refractivity contribution is -0.123. The standard InChI is InChI=1S/C20H16F2N2O3S2/c1-11(27-19(26)13-5-3-4-6-17(13)28-2)18(25)24-20-23-16(10-29-20)12-7-8-14(21)15(22)9-12/h3-11H,1-2H3,(H,23,24,25)/t11-/m0/s1. The summed E-state index contributed by atoms with van der Waals surface area (Å²) in [4.78, 5) is 29.6. The number of halogens is 2. The van der Waals surface area contributed by atoms with Gasteiger partial charge in [0.2, 0.25) is 0 Å². The summed E-state index contributed by atoms with van der Waals surface area (Å²) in [7, 11) is 0. The number of thioether (sulfide) groups is 1. The number of aromatic nitrogens is 1. The zero-order valence-electron chi connectivity index (χ0n) is 15.4. The first-order chi connectivity index (χ1) is 13.9. The third-order valence-electron chi connectivity index (χ3n) is 3.93. The zero-order valence-corrected chi connectivity index (χ0v) is 17.1. The van der Waals surface area contributed by atoms with E-state index >= 15 is 0 Å². The SMILES string of the molecule is CSc1ccccc1C(=O)O[C@@H](C)C(=O)Nc1nc(-c2ccc(F)c(F)c2)cs1. The molecule has 2 aromatic carbocycles. The van der Waals surface area contributed by atoms with Crippen molar-refractivity contribution in [2.75, 3.05) is 11.6 Å². The van der Waals surface area contributed by atoms with Crippen molar-refractivity contribution in [2.45, 2.75) is 17.9 Å². The van der Waals surface area contributed by atoms with Gasteiger partial charge >= 0.3 is 5.97 Å². The Morgan fingerprint density at radius 1 is 1.17 bits per heavy atom. The zero-order chi connectivity index (χ0) is 21.0. The number of esters is 1. The number of ether oxygens (including phenoxy) is 1. The third-order valence-corrected chi connectivity index (χ3v) is 5.48. The van der Waals surface area contributed by atoms with Crippen molar-refractivity contribution in [3.63, 3.8) is 0 Å². The Balaban J connectivity index is 1.65. The van der Waals surface area contributed by atoms with Crippen molar-refractivity contribution in [3.05, 3.63) is 65.0 Å². The van der Waals surface area contributed by atoms with E-state index < -0.39 is 29.6 Å². The number of carbonyl (C=O) groups excluding carboxylic acids is 2. The highest BCUT2D eigenvalue weighted by atomic mass is 32.2. The number of benzene rings is 2. The fraction of sp³-hybridized carbons (Fsp3) is 0.150. The number of carbonyl (C=O) groups is 2. The molecule has 0 aliphatic carbocycles. The van der Waals surface area contributed by atoms with E-state index in [4.69, 9.17) is 4.74 Å². The second-order valence-corrected chi connectivity index (χ2v) is 7.61. The van der Waals surface area contributed by atoms with Crippen molar-refractivity contribution in [3.8, 4) is 11.3 Å². The third kappa shape index (κ3) is 4.99. The Labute approximate surface area is 174 Å². The molecule has 1 heterocycles. The van der Waals surface area contributed by atoms with Gasteiger partial charge in [-0.25, -0.2) is 18.6 Å². The van der Waals surface area contributed by atoms with Gasteiger partial charge in [0.15, 0.2) is 22.9 Å². The summed E-state index contributed by atoms with van der Waals surface area (Å²) in [5.41, 5.74) is 1.16. The van der Waals surface area contributed by atoms with Crippen LogP contribution in [0.2, 0.25) is 0 Å². The minimum atomic E-state index is -1.05. The number of nitrogens with one attached hydrogen (secondary N) is 1. The predicted molar refractivity (Wildman–Crippen MR) is 109 cm³/mol. The van der Waals surface area contributed by atoms with Crippen LogP contribution >= 0.6 is 23.1 Å². The summed E-state index contributed by atoms with van der Waals surface area (Å²) >= 11 is 2.52. The van der Waals surface area contributed by atoms with Gasteiger partial charge in [-0.2, -0.15) is 0 Å². The molecule has 29 heavy (non-hydrogen) atoms. The molecule has 1 amide bonds. The lowest BCUT2D eigenvalue weighted by Crippen LogP contribution is -2.30. The smallest absolute Gasteiger partial charge is 0.340 e. The first-order valence-corrected chi connectivity index (χ1v) is 10.5. The van der Waals surface area contributed by atoms with Crippen LogP contribution in [0.15, 0.2) is 52.7 Å². The number of thiazole rings is 1. The second kappa shape index (κ2) is 9.15. The van der Waals surface area contributed by atoms with E-state index in [9.17, 15) is 18.4 Å². The molecule has 0 bridgehead atoms. The van der Waals surface area contributed by atoms with Crippen LogP contribution in [-0.2, 0) is 9.53 Å². The summed E-state index contributed by atoms with van der Waals surface area (Å²) < 4.78 is 31.7. The monoisotopic (exact) mass is 434 g/mol. The van der Waals surface area contributed by atoms with Gasteiger partial charge in [-0.3, -0.25) is 10.1 Å². The van der Waals surface area contributed by atoms with E-state index in [0.29, 0.717) is 16.8 Å². The molecule has 3 aromatic rings. The molecule has 0 aliphatic rings. The largest absolute Gasteiger partial charge is 0.449 e. The average Bonchev–Trinajstić information content (AvgIpc) is 3.18. The fourth-order valence-electron chi connectivity index (χ4n) is 2.42. The highest BCUT2D eigenvalue weighted by Gasteiger charge is 2.21. The van der Waals surface area contributed by atoms with Gasteiger partial charge in [-0.05, 0) is 43.5 Å². The summed E-state index contributed by atoms with van der Waals surface area (Å²) in [6.07, 6.45) is 0.794. The molecular weight excluding hydrogens is 418 g/mol. The number of anilines is 1. The molecule has 1 N–H and O–H groups in total. The molecule has 1 atom stereocenters. The van der Waals surface area contributed by atoms with Gasteiger partial charge in [0.05, 0.1) is 11.3 Å². The Morgan fingerprint density at radius 3 is 2.66 bits per heavy atom. The van der Waals surface area contributed by atoms with Crippen molar-refractivity contribution >= 4 is 40.1 Å². The van der Waals surface area contributed by atoms with Crippen LogP contribution in [-0.4, -0.2) is 29.2 Å². The van der Waals surface area contributed by atoms with E-state index in [1.165, 1.54) is 24.8 Å². The Bertz CT molecular complexity index is 1060. The summed E-state index contributed by atoms with van der Waals surface area (Å²) in [5.74, 6) is -3.08. The van der Waals surface area contributed by atoms with E-state index in [0.717, 1.165) is 28.4 Å². The lowest BCUT2D eigenvalue weighted by Gasteiger charge is -2.13. The molecule has 0 spiro atoms. The van der Waals surface area contributed by atoms with Crippen molar-refractivity contribution in [1.82, 2.24) is 4.98 Å². The molecule has 0 radical (unpaired) electrons. The molecule has 1 aromatic heterocycles. The second-order valence-electron chi connectivity index (χ2n) is 5.90. The van der Waals surface area contributed by atoms with Gasteiger partial charge in [0, 0.05) is 15.8 Å². The molecule has 0 unspecified atom stereocenters. The van der Waals surface area contributed by atoms with Gasteiger partial charge in [0.1, 0.15) is 0 Å². The molecule has 3 rings (SSSR count). The number of rotatable bonds is 6. The van der Waals surface area contributed by atoms with Gasteiger partial charge in [0.25, 0.3) is 5.91 Å². The van der Waals surface area contributed by atoms with Crippen LogP contribution in [0.4, 0.5) is 13.9 Å². The van der Waals surface area contributed by atoms with Crippen LogP contribution in [0, 0.1) is 11.6 Å². The topological polar surface area (TPSA) is 68.3 Å². The van der Waals surface area contributed by atoms with Crippen molar-refractivity contribution in [2.24, 2.45) is 0 Å². The molecule has 0 saturated heterocycles. The maximum Gasteiger partial charge on any atom is 0.340 e. The molecule has 5 nitrogen and oxygen atoms in total. The van der Waals surface area contributed by atoms with E-state index in [2.05, 4.69) is 10.3 Å². The predicted octanol–water partition coefficient (Wildman–Crippen LogP) is 4.99. The van der Waals surface area contributed by atoms with Crippen LogP contribution in [0.5, 0.6) is 0 Å². The van der Waals surface area contributed by atoms with Crippen LogP contribution < -0.4 is 5.32 Å². The van der Waals surface area contributed by atoms with Gasteiger partial charge < -0.3 is 4.74 Å². The molecule has 0 fully saturated rings. The van der Waals surface area contributed by atoms with Crippen molar-refractivity contribution < 1.29 is 23.1 Å². The summed E-state index contributed by atoms with van der Waals surface area (Å²) in [6, 6.07) is 10.4. The van der Waals surface area contributed by atoms with Crippen LogP contribution in [0.3, 0.4) is 0 Å². The highest BCUT2D eigenvalue weighted by molar-refractivity contribution is 7.98. The quantitative estimate of drug-likeness (QED) is 0.437. The summed E-state index contributed by atoms with van der Waals surface area (Å²) in [6.45, 7) is 1.46. The number of hydrogen-bond donors (Lipinski definition) is 1. The minimum Gasteiger partial charge on any atom is -0.449 e. The minimum absolute atomic E-state index is 0.252. The van der Waals surface area contributed by atoms with Crippen LogP contribution in [0.25, 0.3) is 11.3 Å². The molecule has 0 aliphatic heterocycles. The molecule has 0 saturated carbocycles. The van der Waals surface area contributed by atoms with E-state index in [1.54, 1.807) is 23.6 Å². The van der Waals surface area contributed by atoms with E-state index in [-0.39, 0.29) is 5.13 Å². The maximum atomic E-state index is 13.4. The van der Waals surface area contributed by atoms with Crippen molar-refractivity contribution in [1.29, 1.82) is 0 Å². The Hall–Kier alpha value is -2.78. The lowest BCUT2D eigenvalue weighted by atomic mass is 10.2. The Morgan fingerprint density at radius 2 is 1.93 bits per heavy atom. The number of nitrogens with zero attached hydrogens (tertiary/aromatic N) is 1. The normalized spacial score (nSPS) is 11.7. The first kappa shape index (κ1) is 20.9. The fourth-order valence-corrected chi connectivity index (χ4v) is 3.73. The van der Waals surface area contributed by atoms with Gasteiger partial charge in [-0.1, -0.05) is 12.1 Å². The molecule has 150 valence electrons.